The van der Waals surface area contributed by atoms with Crippen molar-refractivity contribution in [1.82, 2.24) is 19.7 Å². The van der Waals surface area contributed by atoms with Crippen LogP contribution in [0.25, 0.3) is 0 Å². The van der Waals surface area contributed by atoms with E-state index in [0.29, 0.717) is 0 Å². The van der Waals surface area contributed by atoms with Crippen LogP contribution in [0, 0.1) is 13.8 Å². The Hall–Kier alpha value is -1.75. The highest BCUT2D eigenvalue weighted by molar-refractivity contribution is 5.24. The van der Waals surface area contributed by atoms with Crippen molar-refractivity contribution in [2.75, 3.05) is 0 Å². The second kappa shape index (κ2) is 5.27. The highest BCUT2D eigenvalue weighted by Gasteiger charge is 2.13. The summed E-state index contributed by atoms with van der Waals surface area (Å²) in [5, 5.41) is 4.41. The predicted octanol–water partition coefficient (Wildman–Crippen LogP) is 1.46. The highest BCUT2D eigenvalue weighted by Crippen LogP contribution is 2.18. The molecule has 0 saturated carbocycles. The number of nitrogens with two attached hydrogens (primary N) is 1. The van der Waals surface area contributed by atoms with Gasteiger partial charge in [0.25, 0.3) is 0 Å². The Labute approximate surface area is 107 Å². The van der Waals surface area contributed by atoms with Crippen molar-refractivity contribution in [2.24, 2.45) is 12.8 Å². The first kappa shape index (κ1) is 12.7. The average molecular weight is 245 g/mol. The maximum atomic E-state index is 6.12. The van der Waals surface area contributed by atoms with Crippen molar-refractivity contribution >= 4 is 0 Å². The van der Waals surface area contributed by atoms with Crippen LogP contribution in [0.5, 0.6) is 0 Å². The predicted molar refractivity (Wildman–Crippen MR) is 70.0 cm³/mol. The molecule has 0 aromatic carbocycles. The molecule has 0 aliphatic carbocycles. The monoisotopic (exact) mass is 245 g/mol. The van der Waals surface area contributed by atoms with Crippen LogP contribution < -0.4 is 5.73 Å². The zero-order chi connectivity index (χ0) is 13.1. The minimum Gasteiger partial charge on any atom is -0.323 e. The summed E-state index contributed by atoms with van der Waals surface area (Å²) in [4.78, 5) is 8.27. The molecule has 1 unspecified atom stereocenters. The van der Waals surface area contributed by atoms with E-state index in [1.165, 1.54) is 11.3 Å². The van der Waals surface area contributed by atoms with Crippen LogP contribution in [0.3, 0.4) is 0 Å². The maximum Gasteiger partial charge on any atom is 0.0753 e. The molecule has 18 heavy (non-hydrogen) atoms. The fourth-order valence-electron chi connectivity index (χ4n) is 2.13. The van der Waals surface area contributed by atoms with E-state index >= 15 is 0 Å². The number of aromatic nitrogens is 4. The largest absolute Gasteiger partial charge is 0.323 e. The molecule has 0 fully saturated rings. The molecule has 2 N–H and O–H groups in total. The zero-order valence-corrected chi connectivity index (χ0v) is 11.1. The molecule has 0 radical (unpaired) electrons. The quantitative estimate of drug-likeness (QED) is 0.885. The normalized spacial score (nSPS) is 12.7. The Morgan fingerprint density at radius 1 is 1.33 bits per heavy atom. The molecule has 0 amide bonds. The molecule has 5 nitrogen and oxygen atoms in total. The van der Waals surface area contributed by atoms with Crippen molar-refractivity contribution in [3.63, 3.8) is 0 Å². The third kappa shape index (κ3) is 2.56. The van der Waals surface area contributed by atoms with Gasteiger partial charge in [0.15, 0.2) is 0 Å². The summed E-state index contributed by atoms with van der Waals surface area (Å²) in [5.41, 5.74) is 10.5. The Morgan fingerprint density at radius 3 is 2.67 bits per heavy atom. The molecule has 2 aromatic rings. The Morgan fingerprint density at radius 2 is 2.11 bits per heavy atom. The van der Waals surface area contributed by atoms with E-state index in [0.717, 1.165) is 24.2 Å². The van der Waals surface area contributed by atoms with Gasteiger partial charge in [-0.05, 0) is 32.3 Å². The molecule has 1 atom stereocenters. The molecule has 0 bridgehead atoms. The molecule has 0 aliphatic heterocycles. The summed E-state index contributed by atoms with van der Waals surface area (Å²) in [5.74, 6) is 0. The SMILES string of the molecule is Cc1nn(C)c(C)c1CCC(N)c1cnccn1. The molecular formula is C13H19N5. The second-order valence-corrected chi connectivity index (χ2v) is 4.55. The number of aryl methyl sites for hydroxylation is 2. The first-order valence-corrected chi connectivity index (χ1v) is 6.10. The molecule has 0 saturated heterocycles. The lowest BCUT2D eigenvalue weighted by Gasteiger charge is -2.10. The van der Waals surface area contributed by atoms with Gasteiger partial charge in [-0.2, -0.15) is 5.10 Å². The van der Waals surface area contributed by atoms with E-state index in [-0.39, 0.29) is 6.04 Å². The van der Waals surface area contributed by atoms with Gasteiger partial charge in [0.2, 0.25) is 0 Å². The summed E-state index contributed by atoms with van der Waals surface area (Å²) < 4.78 is 1.92. The molecule has 2 heterocycles. The molecule has 0 spiro atoms. The van der Waals surface area contributed by atoms with Crippen LogP contribution in [0.2, 0.25) is 0 Å². The fraction of sp³-hybridized carbons (Fsp3) is 0.462. The highest BCUT2D eigenvalue weighted by atomic mass is 15.3. The van der Waals surface area contributed by atoms with Crippen molar-refractivity contribution in [1.29, 1.82) is 0 Å². The van der Waals surface area contributed by atoms with Crippen LogP contribution >= 0.6 is 0 Å². The third-order valence-corrected chi connectivity index (χ3v) is 3.33. The summed E-state index contributed by atoms with van der Waals surface area (Å²) in [7, 11) is 1.97. The van der Waals surface area contributed by atoms with Crippen molar-refractivity contribution < 1.29 is 0 Å². The topological polar surface area (TPSA) is 69.6 Å². The molecule has 5 heteroatoms. The van der Waals surface area contributed by atoms with Gasteiger partial charge in [0, 0.05) is 37.4 Å². The standard InChI is InChI=1S/C13H19N5/c1-9-11(10(2)18(3)17-9)4-5-12(14)13-8-15-6-7-16-13/h6-8,12H,4-5,14H2,1-3H3. The van der Waals surface area contributed by atoms with E-state index < -0.39 is 0 Å². The Kier molecular flexibility index (Phi) is 3.72. The number of rotatable bonds is 4. The molecular weight excluding hydrogens is 226 g/mol. The number of hydrogen-bond donors (Lipinski definition) is 1. The van der Waals surface area contributed by atoms with E-state index in [4.69, 9.17) is 5.73 Å². The smallest absolute Gasteiger partial charge is 0.0753 e. The molecule has 96 valence electrons. The fourth-order valence-corrected chi connectivity index (χ4v) is 2.13. The van der Waals surface area contributed by atoms with Gasteiger partial charge in [-0.1, -0.05) is 0 Å². The van der Waals surface area contributed by atoms with Crippen molar-refractivity contribution in [2.45, 2.75) is 32.7 Å². The molecule has 0 aliphatic rings. The molecule has 2 aromatic heterocycles. The van der Waals surface area contributed by atoms with Gasteiger partial charge >= 0.3 is 0 Å². The summed E-state index contributed by atoms with van der Waals surface area (Å²) in [6, 6.07) is -0.0716. The van der Waals surface area contributed by atoms with E-state index in [1.54, 1.807) is 18.6 Å². The summed E-state index contributed by atoms with van der Waals surface area (Å²) in [6.07, 6.45) is 6.84. The lowest BCUT2D eigenvalue weighted by Crippen LogP contribution is -2.13. The van der Waals surface area contributed by atoms with Gasteiger partial charge in [0.1, 0.15) is 0 Å². The lowest BCUT2D eigenvalue weighted by atomic mass is 10.0. The van der Waals surface area contributed by atoms with Gasteiger partial charge in [0.05, 0.1) is 11.4 Å². The number of nitrogens with zero attached hydrogens (tertiary/aromatic N) is 4. The van der Waals surface area contributed by atoms with Crippen LogP contribution in [0.1, 0.15) is 35.1 Å². The molecule has 2 rings (SSSR count). The van der Waals surface area contributed by atoms with Crippen LogP contribution in [-0.2, 0) is 13.5 Å². The first-order chi connectivity index (χ1) is 8.59. The minimum absolute atomic E-state index is 0.0716. The van der Waals surface area contributed by atoms with E-state index in [9.17, 15) is 0 Å². The minimum atomic E-state index is -0.0716. The van der Waals surface area contributed by atoms with Crippen LogP contribution in [-0.4, -0.2) is 19.7 Å². The van der Waals surface area contributed by atoms with Crippen molar-refractivity contribution in [3.05, 3.63) is 41.2 Å². The van der Waals surface area contributed by atoms with Crippen LogP contribution in [0.4, 0.5) is 0 Å². The van der Waals surface area contributed by atoms with Gasteiger partial charge in [-0.25, -0.2) is 0 Å². The maximum absolute atomic E-state index is 6.12. The van der Waals surface area contributed by atoms with Gasteiger partial charge < -0.3 is 5.73 Å². The number of hydrogen-bond acceptors (Lipinski definition) is 4. The van der Waals surface area contributed by atoms with E-state index in [1.807, 2.05) is 18.7 Å². The van der Waals surface area contributed by atoms with Gasteiger partial charge in [-0.15, -0.1) is 0 Å². The Balaban J connectivity index is 2.04. The van der Waals surface area contributed by atoms with Crippen molar-refractivity contribution in [3.8, 4) is 0 Å². The van der Waals surface area contributed by atoms with Crippen LogP contribution in [0.15, 0.2) is 18.6 Å². The Bertz CT molecular complexity index is 518. The first-order valence-electron chi connectivity index (χ1n) is 6.10. The third-order valence-electron chi connectivity index (χ3n) is 3.33. The zero-order valence-electron chi connectivity index (χ0n) is 11.1. The van der Waals surface area contributed by atoms with E-state index in [2.05, 4.69) is 22.0 Å². The average Bonchev–Trinajstić information content (AvgIpc) is 2.62. The summed E-state index contributed by atoms with van der Waals surface area (Å²) >= 11 is 0. The second-order valence-electron chi connectivity index (χ2n) is 4.55. The van der Waals surface area contributed by atoms with Gasteiger partial charge in [-0.3, -0.25) is 14.6 Å². The lowest BCUT2D eigenvalue weighted by molar-refractivity contribution is 0.627. The summed E-state index contributed by atoms with van der Waals surface area (Å²) in [6.45, 7) is 4.12.